The molecule has 2 aromatic carbocycles. The number of rotatable bonds is 5. The highest BCUT2D eigenvalue weighted by Crippen LogP contribution is 2.37. The molecular formula is C20H18ClFN2OS2. The van der Waals surface area contributed by atoms with Crippen molar-refractivity contribution in [2.24, 2.45) is 0 Å². The van der Waals surface area contributed by atoms with Crippen molar-refractivity contribution in [3.8, 4) is 0 Å². The van der Waals surface area contributed by atoms with E-state index >= 15 is 0 Å². The van der Waals surface area contributed by atoms with Gasteiger partial charge < -0.3 is 4.90 Å². The number of carbonyl (C=O) groups excluding carboxylic acids is 1. The first-order valence-corrected chi connectivity index (χ1v) is 10.1. The Morgan fingerprint density at radius 2 is 1.85 bits per heavy atom. The third kappa shape index (κ3) is 4.18. The van der Waals surface area contributed by atoms with Crippen LogP contribution in [0.1, 0.15) is 19.4 Å². The highest BCUT2D eigenvalue weighted by Gasteiger charge is 2.33. The zero-order valence-electron chi connectivity index (χ0n) is 14.9. The monoisotopic (exact) mass is 420 g/mol. The molecule has 0 aliphatic carbocycles. The molecule has 3 rings (SSSR count). The van der Waals surface area contributed by atoms with Crippen molar-refractivity contribution in [3.63, 3.8) is 0 Å². The molecule has 1 aliphatic heterocycles. The minimum atomic E-state index is -0.533. The first-order chi connectivity index (χ1) is 12.9. The van der Waals surface area contributed by atoms with Gasteiger partial charge in [-0.3, -0.25) is 9.69 Å². The minimum absolute atomic E-state index is 0.0440. The molecule has 1 fully saturated rings. The van der Waals surface area contributed by atoms with Gasteiger partial charge in [-0.1, -0.05) is 47.7 Å². The van der Waals surface area contributed by atoms with Gasteiger partial charge in [0.05, 0.1) is 15.6 Å². The Morgan fingerprint density at radius 1 is 1.19 bits per heavy atom. The molecule has 0 saturated carbocycles. The van der Waals surface area contributed by atoms with E-state index in [1.54, 1.807) is 0 Å². The molecule has 2 aromatic rings. The second-order valence-corrected chi connectivity index (χ2v) is 7.96. The lowest BCUT2D eigenvalue weighted by Gasteiger charge is -2.20. The van der Waals surface area contributed by atoms with Crippen molar-refractivity contribution in [2.75, 3.05) is 22.9 Å². The molecule has 0 unspecified atom stereocenters. The SMILES string of the molecule is CCN(CC)c1ccc(/C=C2/SC(=S)N(c3ccc(F)c(Cl)c3)C2=O)cc1. The van der Waals surface area contributed by atoms with Gasteiger partial charge in [0.1, 0.15) is 5.82 Å². The lowest BCUT2D eigenvalue weighted by Crippen LogP contribution is -2.27. The number of anilines is 2. The number of hydrogen-bond donors (Lipinski definition) is 0. The Labute approximate surface area is 172 Å². The van der Waals surface area contributed by atoms with E-state index in [-0.39, 0.29) is 10.9 Å². The maximum absolute atomic E-state index is 13.4. The smallest absolute Gasteiger partial charge is 0.270 e. The van der Waals surface area contributed by atoms with Crippen molar-refractivity contribution in [1.82, 2.24) is 0 Å². The molecule has 1 heterocycles. The topological polar surface area (TPSA) is 23.6 Å². The van der Waals surface area contributed by atoms with Crippen LogP contribution in [0.3, 0.4) is 0 Å². The summed E-state index contributed by atoms with van der Waals surface area (Å²) < 4.78 is 13.8. The van der Waals surface area contributed by atoms with E-state index in [0.717, 1.165) is 24.3 Å². The highest BCUT2D eigenvalue weighted by molar-refractivity contribution is 8.27. The Kier molecular flexibility index (Phi) is 6.19. The maximum Gasteiger partial charge on any atom is 0.270 e. The number of halogens is 2. The van der Waals surface area contributed by atoms with Gasteiger partial charge in [-0.2, -0.15) is 0 Å². The van der Waals surface area contributed by atoms with Gasteiger partial charge in [0, 0.05) is 18.8 Å². The van der Waals surface area contributed by atoms with E-state index in [1.165, 1.54) is 34.9 Å². The fourth-order valence-electron chi connectivity index (χ4n) is 2.84. The van der Waals surface area contributed by atoms with Crippen molar-refractivity contribution >= 4 is 63.3 Å². The highest BCUT2D eigenvalue weighted by atomic mass is 35.5. The zero-order chi connectivity index (χ0) is 19.6. The summed E-state index contributed by atoms with van der Waals surface area (Å²) in [6, 6.07) is 12.2. The third-order valence-corrected chi connectivity index (χ3v) is 5.87. The van der Waals surface area contributed by atoms with Gasteiger partial charge in [-0.15, -0.1) is 0 Å². The number of nitrogens with zero attached hydrogens (tertiary/aromatic N) is 2. The van der Waals surface area contributed by atoms with E-state index in [2.05, 4.69) is 18.7 Å². The molecule has 27 heavy (non-hydrogen) atoms. The number of hydrogen-bond acceptors (Lipinski definition) is 4. The summed E-state index contributed by atoms with van der Waals surface area (Å²) in [5.41, 5.74) is 2.53. The molecule has 0 aromatic heterocycles. The van der Waals surface area contributed by atoms with Crippen LogP contribution >= 0.6 is 35.6 Å². The summed E-state index contributed by atoms with van der Waals surface area (Å²) in [5, 5.41) is -0.0440. The van der Waals surface area contributed by atoms with Crippen molar-refractivity contribution in [2.45, 2.75) is 13.8 Å². The maximum atomic E-state index is 13.4. The van der Waals surface area contributed by atoms with Gasteiger partial charge in [-0.05, 0) is 55.8 Å². The van der Waals surface area contributed by atoms with Crippen LogP contribution in [-0.2, 0) is 4.79 Å². The van der Waals surface area contributed by atoms with E-state index in [0.29, 0.717) is 14.9 Å². The zero-order valence-corrected chi connectivity index (χ0v) is 17.3. The molecule has 1 amide bonds. The van der Waals surface area contributed by atoms with Crippen LogP contribution < -0.4 is 9.80 Å². The molecule has 1 saturated heterocycles. The molecular weight excluding hydrogens is 403 g/mol. The largest absolute Gasteiger partial charge is 0.372 e. The van der Waals surface area contributed by atoms with Crippen LogP contribution in [0.2, 0.25) is 5.02 Å². The third-order valence-electron chi connectivity index (χ3n) is 4.27. The average Bonchev–Trinajstić information content (AvgIpc) is 2.93. The summed E-state index contributed by atoms with van der Waals surface area (Å²) in [6.45, 7) is 6.11. The van der Waals surface area contributed by atoms with Crippen molar-refractivity contribution < 1.29 is 9.18 Å². The minimum Gasteiger partial charge on any atom is -0.372 e. The van der Waals surface area contributed by atoms with E-state index < -0.39 is 5.82 Å². The first-order valence-electron chi connectivity index (χ1n) is 8.52. The van der Waals surface area contributed by atoms with Gasteiger partial charge >= 0.3 is 0 Å². The normalized spacial score (nSPS) is 15.7. The van der Waals surface area contributed by atoms with E-state index in [4.69, 9.17) is 23.8 Å². The fraction of sp³-hybridized carbons (Fsp3) is 0.200. The summed E-state index contributed by atoms with van der Waals surface area (Å²) >= 11 is 12.4. The molecule has 1 aliphatic rings. The molecule has 0 atom stereocenters. The second kappa shape index (κ2) is 8.42. The summed E-state index contributed by atoms with van der Waals surface area (Å²) in [7, 11) is 0. The quantitative estimate of drug-likeness (QED) is 0.455. The summed E-state index contributed by atoms with van der Waals surface area (Å²) in [4.78, 5) is 16.9. The number of thioether (sulfide) groups is 1. The molecule has 0 spiro atoms. The van der Waals surface area contributed by atoms with Gasteiger partial charge in [0.2, 0.25) is 0 Å². The Balaban J connectivity index is 1.84. The van der Waals surface area contributed by atoms with Gasteiger partial charge in [0.25, 0.3) is 5.91 Å². The molecule has 3 nitrogen and oxygen atoms in total. The van der Waals surface area contributed by atoms with E-state index in [1.807, 2.05) is 30.3 Å². The number of thiocarbonyl (C=S) groups is 1. The molecule has 7 heteroatoms. The van der Waals surface area contributed by atoms with E-state index in [9.17, 15) is 9.18 Å². The Morgan fingerprint density at radius 3 is 2.44 bits per heavy atom. The number of benzene rings is 2. The summed E-state index contributed by atoms with van der Waals surface area (Å²) in [6.07, 6.45) is 1.82. The lowest BCUT2D eigenvalue weighted by atomic mass is 10.1. The van der Waals surface area contributed by atoms with Crippen LogP contribution in [0.5, 0.6) is 0 Å². The average molecular weight is 421 g/mol. The van der Waals surface area contributed by atoms with Crippen molar-refractivity contribution in [3.05, 3.63) is 63.8 Å². The summed E-state index contributed by atoms with van der Waals surface area (Å²) in [5.74, 6) is -0.768. The molecule has 0 bridgehead atoms. The second-order valence-electron chi connectivity index (χ2n) is 5.88. The Bertz CT molecular complexity index is 911. The van der Waals surface area contributed by atoms with Gasteiger partial charge in [0.15, 0.2) is 4.32 Å². The molecule has 0 N–H and O–H groups in total. The fourth-order valence-corrected chi connectivity index (χ4v) is 4.31. The first kappa shape index (κ1) is 19.9. The Hall–Kier alpha value is -1.89. The van der Waals surface area contributed by atoms with Crippen LogP contribution in [0.25, 0.3) is 6.08 Å². The van der Waals surface area contributed by atoms with Crippen molar-refractivity contribution in [1.29, 1.82) is 0 Å². The lowest BCUT2D eigenvalue weighted by molar-refractivity contribution is -0.113. The number of carbonyl (C=O) groups is 1. The van der Waals surface area contributed by atoms with Crippen LogP contribution in [0.15, 0.2) is 47.4 Å². The van der Waals surface area contributed by atoms with Crippen LogP contribution in [-0.4, -0.2) is 23.3 Å². The number of amides is 1. The van der Waals surface area contributed by atoms with Crippen LogP contribution in [0, 0.1) is 5.82 Å². The predicted octanol–water partition coefficient (Wildman–Crippen LogP) is 5.73. The standard InChI is InChI=1S/C20H18ClFN2OS2/c1-3-23(4-2)14-7-5-13(6-8-14)11-18-19(25)24(20(26)27-18)15-9-10-17(22)16(21)12-15/h5-12H,3-4H2,1-2H3/b18-11+. The van der Waals surface area contributed by atoms with Crippen LogP contribution in [0.4, 0.5) is 15.8 Å². The molecule has 140 valence electrons. The van der Waals surface area contributed by atoms with Gasteiger partial charge in [-0.25, -0.2) is 4.39 Å². The predicted molar refractivity (Wildman–Crippen MR) is 117 cm³/mol. The molecule has 0 radical (unpaired) electrons.